The van der Waals surface area contributed by atoms with Crippen LogP contribution < -0.4 is 10.6 Å². The highest BCUT2D eigenvalue weighted by Crippen LogP contribution is 2.17. The summed E-state index contributed by atoms with van der Waals surface area (Å²) in [6.45, 7) is 4.18. The lowest BCUT2D eigenvalue weighted by Gasteiger charge is -2.22. The molecule has 1 fully saturated rings. The topological polar surface area (TPSA) is 66.9 Å². The van der Waals surface area contributed by atoms with Crippen LogP contribution in [0.3, 0.4) is 0 Å². The van der Waals surface area contributed by atoms with Gasteiger partial charge in [-0.2, -0.15) is 0 Å². The van der Waals surface area contributed by atoms with Gasteiger partial charge < -0.3 is 10.6 Å². The van der Waals surface area contributed by atoms with Gasteiger partial charge in [0.1, 0.15) is 0 Å². The molecule has 110 valence electrons. The maximum atomic E-state index is 12.1. The van der Waals surface area contributed by atoms with Crippen LogP contribution in [0.5, 0.6) is 0 Å². The maximum Gasteiger partial charge on any atom is 0.254 e. The Morgan fingerprint density at radius 2 is 1.95 bits per heavy atom. The van der Waals surface area contributed by atoms with Crippen LogP contribution in [0.4, 0.5) is 5.95 Å². The molecule has 5 nitrogen and oxygen atoms in total. The van der Waals surface area contributed by atoms with Crippen molar-refractivity contribution in [3.05, 3.63) is 18.0 Å². The van der Waals surface area contributed by atoms with Crippen LogP contribution in [0.1, 0.15) is 62.7 Å². The Kier molecular flexibility index (Phi) is 5.32. The molecule has 1 amide bonds. The standard InChI is InChI=1S/C15H24N4O/c1-3-11(2)18-15-16-9-12(10-17-15)14(20)19-13-7-5-4-6-8-13/h9-11,13H,3-8H2,1-2H3,(H,19,20)(H,16,17,18). The third-order valence-corrected chi connectivity index (χ3v) is 3.84. The summed E-state index contributed by atoms with van der Waals surface area (Å²) in [6, 6.07) is 0.645. The van der Waals surface area contributed by atoms with Crippen LogP contribution in [0, 0.1) is 0 Å². The van der Waals surface area contributed by atoms with Crippen LogP contribution in [-0.4, -0.2) is 28.0 Å². The summed E-state index contributed by atoms with van der Waals surface area (Å²) < 4.78 is 0. The fourth-order valence-corrected chi connectivity index (χ4v) is 2.36. The van der Waals surface area contributed by atoms with E-state index >= 15 is 0 Å². The molecular formula is C15H24N4O. The van der Waals surface area contributed by atoms with Crippen molar-refractivity contribution < 1.29 is 4.79 Å². The van der Waals surface area contributed by atoms with Crippen LogP contribution in [0.25, 0.3) is 0 Å². The first-order valence-electron chi connectivity index (χ1n) is 7.58. The van der Waals surface area contributed by atoms with Crippen molar-refractivity contribution in [1.29, 1.82) is 0 Å². The Bertz CT molecular complexity index is 426. The van der Waals surface area contributed by atoms with Crippen molar-refractivity contribution in [3.63, 3.8) is 0 Å². The Morgan fingerprint density at radius 3 is 2.55 bits per heavy atom. The fourth-order valence-electron chi connectivity index (χ4n) is 2.36. The molecule has 0 spiro atoms. The highest BCUT2D eigenvalue weighted by atomic mass is 16.1. The van der Waals surface area contributed by atoms with Gasteiger partial charge in [0, 0.05) is 24.5 Å². The zero-order valence-corrected chi connectivity index (χ0v) is 12.4. The number of hydrogen-bond acceptors (Lipinski definition) is 4. The summed E-state index contributed by atoms with van der Waals surface area (Å²) in [5.41, 5.74) is 0.533. The third kappa shape index (κ3) is 4.18. The molecule has 2 N–H and O–H groups in total. The van der Waals surface area contributed by atoms with Crippen LogP contribution in [0.15, 0.2) is 12.4 Å². The minimum absolute atomic E-state index is 0.0630. The van der Waals surface area contributed by atoms with Crippen LogP contribution in [-0.2, 0) is 0 Å². The number of amides is 1. The number of nitrogens with one attached hydrogen (secondary N) is 2. The second-order valence-corrected chi connectivity index (χ2v) is 5.56. The number of rotatable bonds is 5. The van der Waals surface area contributed by atoms with E-state index in [-0.39, 0.29) is 5.91 Å². The van der Waals surface area contributed by atoms with Crippen molar-refractivity contribution >= 4 is 11.9 Å². The second kappa shape index (κ2) is 7.22. The van der Waals surface area contributed by atoms with Crippen molar-refractivity contribution in [2.45, 2.75) is 64.5 Å². The molecule has 1 aliphatic rings. The highest BCUT2D eigenvalue weighted by molar-refractivity contribution is 5.93. The van der Waals surface area contributed by atoms with E-state index in [4.69, 9.17) is 0 Å². The number of hydrogen-bond donors (Lipinski definition) is 2. The predicted octanol–water partition coefficient (Wildman–Crippen LogP) is 2.75. The Hall–Kier alpha value is -1.65. The van der Waals surface area contributed by atoms with Gasteiger partial charge in [-0.3, -0.25) is 4.79 Å². The van der Waals surface area contributed by atoms with Crippen molar-refractivity contribution in [1.82, 2.24) is 15.3 Å². The summed E-state index contributed by atoms with van der Waals surface area (Å²) in [5.74, 6) is 0.514. The molecule has 1 aromatic heterocycles. The van der Waals surface area contributed by atoms with E-state index < -0.39 is 0 Å². The summed E-state index contributed by atoms with van der Waals surface area (Å²) in [4.78, 5) is 20.5. The van der Waals surface area contributed by atoms with Crippen LogP contribution in [0.2, 0.25) is 0 Å². The fraction of sp³-hybridized carbons (Fsp3) is 0.667. The van der Waals surface area contributed by atoms with Crippen molar-refractivity contribution in [3.8, 4) is 0 Å². The van der Waals surface area contributed by atoms with E-state index in [2.05, 4.69) is 34.4 Å². The van der Waals surface area contributed by atoms with Crippen molar-refractivity contribution in [2.75, 3.05) is 5.32 Å². The SMILES string of the molecule is CCC(C)Nc1ncc(C(=O)NC2CCCCC2)cn1. The molecular weight excluding hydrogens is 252 g/mol. The third-order valence-electron chi connectivity index (χ3n) is 3.84. The molecule has 20 heavy (non-hydrogen) atoms. The first-order chi connectivity index (χ1) is 9.69. The molecule has 5 heteroatoms. The van der Waals surface area contributed by atoms with E-state index in [0.717, 1.165) is 19.3 Å². The largest absolute Gasteiger partial charge is 0.352 e. The number of anilines is 1. The molecule has 0 aliphatic heterocycles. The monoisotopic (exact) mass is 276 g/mol. The van der Waals surface area contributed by atoms with Gasteiger partial charge in [-0.25, -0.2) is 9.97 Å². The molecule has 1 aromatic rings. The summed E-state index contributed by atoms with van der Waals surface area (Å²) in [5, 5.41) is 6.25. The van der Waals surface area contributed by atoms with Crippen LogP contribution >= 0.6 is 0 Å². The first-order valence-corrected chi connectivity index (χ1v) is 7.58. The van der Waals surface area contributed by atoms with Gasteiger partial charge in [-0.1, -0.05) is 26.2 Å². The van der Waals surface area contributed by atoms with E-state index in [9.17, 15) is 4.79 Å². The number of carbonyl (C=O) groups is 1. The van der Waals surface area contributed by atoms with Gasteiger partial charge in [-0.05, 0) is 26.2 Å². The quantitative estimate of drug-likeness (QED) is 0.867. The lowest BCUT2D eigenvalue weighted by molar-refractivity contribution is 0.0927. The molecule has 1 unspecified atom stereocenters. The van der Waals surface area contributed by atoms with Gasteiger partial charge in [0.25, 0.3) is 5.91 Å². The average Bonchev–Trinajstić information content (AvgIpc) is 2.49. The Labute approximate surface area is 120 Å². The lowest BCUT2D eigenvalue weighted by atomic mass is 9.95. The number of aromatic nitrogens is 2. The smallest absolute Gasteiger partial charge is 0.254 e. The zero-order chi connectivity index (χ0) is 14.4. The molecule has 0 radical (unpaired) electrons. The van der Waals surface area contributed by atoms with Gasteiger partial charge in [-0.15, -0.1) is 0 Å². The molecule has 0 aromatic carbocycles. The second-order valence-electron chi connectivity index (χ2n) is 5.56. The first kappa shape index (κ1) is 14.8. The molecule has 1 atom stereocenters. The van der Waals surface area contributed by atoms with Gasteiger partial charge in [0.2, 0.25) is 5.95 Å². The van der Waals surface area contributed by atoms with Gasteiger partial charge in [0.05, 0.1) is 5.56 Å². The maximum absolute atomic E-state index is 12.1. The van der Waals surface area contributed by atoms with E-state index in [0.29, 0.717) is 23.6 Å². The molecule has 1 aliphatic carbocycles. The zero-order valence-electron chi connectivity index (χ0n) is 12.4. The van der Waals surface area contributed by atoms with Crippen molar-refractivity contribution in [2.24, 2.45) is 0 Å². The number of carbonyl (C=O) groups excluding carboxylic acids is 1. The summed E-state index contributed by atoms with van der Waals surface area (Å²) in [7, 11) is 0. The molecule has 1 heterocycles. The summed E-state index contributed by atoms with van der Waals surface area (Å²) in [6.07, 6.45) is 10.1. The molecule has 2 rings (SSSR count). The minimum Gasteiger partial charge on any atom is -0.352 e. The van der Waals surface area contributed by atoms with Gasteiger partial charge in [0.15, 0.2) is 0 Å². The Morgan fingerprint density at radius 1 is 1.30 bits per heavy atom. The lowest BCUT2D eigenvalue weighted by Crippen LogP contribution is -2.36. The van der Waals surface area contributed by atoms with Gasteiger partial charge >= 0.3 is 0 Å². The number of nitrogens with zero attached hydrogens (tertiary/aromatic N) is 2. The molecule has 0 saturated heterocycles. The molecule has 1 saturated carbocycles. The van der Waals surface area contributed by atoms with E-state index in [1.165, 1.54) is 19.3 Å². The predicted molar refractivity (Wildman–Crippen MR) is 79.7 cm³/mol. The van der Waals surface area contributed by atoms with E-state index in [1.54, 1.807) is 12.4 Å². The minimum atomic E-state index is -0.0630. The summed E-state index contributed by atoms with van der Waals surface area (Å²) >= 11 is 0. The highest BCUT2D eigenvalue weighted by Gasteiger charge is 2.17. The average molecular weight is 276 g/mol. The normalized spacial score (nSPS) is 17.5. The Balaban J connectivity index is 1.89. The molecule has 0 bridgehead atoms. The van der Waals surface area contributed by atoms with E-state index in [1.807, 2.05) is 0 Å².